The molecule has 2 aromatic carbocycles. The first-order valence-electron chi connectivity index (χ1n) is 9.09. The highest BCUT2D eigenvalue weighted by Gasteiger charge is 2.21. The zero-order chi connectivity index (χ0) is 19.8. The lowest BCUT2D eigenvalue weighted by molar-refractivity contribution is 0.142. The van der Waals surface area contributed by atoms with Crippen molar-refractivity contribution >= 4 is 45.9 Å². The summed E-state index contributed by atoms with van der Waals surface area (Å²) in [5.41, 5.74) is 3.03. The molecule has 2 heterocycles. The molecule has 8 heteroatoms. The van der Waals surface area contributed by atoms with E-state index in [9.17, 15) is 4.79 Å². The van der Waals surface area contributed by atoms with E-state index in [2.05, 4.69) is 29.1 Å². The summed E-state index contributed by atoms with van der Waals surface area (Å²) in [6.45, 7) is 4.40. The first-order chi connectivity index (χ1) is 13.4. The summed E-state index contributed by atoms with van der Waals surface area (Å²) in [6, 6.07) is 11.7. The summed E-state index contributed by atoms with van der Waals surface area (Å²) in [4.78, 5) is 14.8. The number of carboxylic acid groups (broad SMARTS) is 1. The minimum Gasteiger partial charge on any atom is -0.465 e. The summed E-state index contributed by atoms with van der Waals surface area (Å²) in [7, 11) is 0. The number of fused-ring (bicyclic) bond motifs is 1. The molecule has 1 aliphatic heterocycles. The monoisotopic (exact) mass is 418 g/mol. The fraction of sp³-hybridized carbons (Fsp3) is 0.300. The number of aromatic nitrogens is 2. The van der Waals surface area contributed by atoms with Gasteiger partial charge in [-0.2, -0.15) is 5.10 Å². The molecule has 1 atom stereocenters. The van der Waals surface area contributed by atoms with Crippen molar-refractivity contribution in [1.82, 2.24) is 14.7 Å². The van der Waals surface area contributed by atoms with E-state index in [0.29, 0.717) is 36.2 Å². The van der Waals surface area contributed by atoms with E-state index in [4.69, 9.17) is 28.3 Å². The smallest absolute Gasteiger partial charge is 0.407 e. The second-order valence-corrected chi connectivity index (χ2v) is 7.77. The molecule has 3 aromatic rings. The second-order valence-electron chi connectivity index (χ2n) is 6.93. The number of rotatable bonds is 3. The maximum atomic E-state index is 11.1. The molecule has 4 rings (SSSR count). The van der Waals surface area contributed by atoms with Crippen LogP contribution in [0.3, 0.4) is 0 Å². The fourth-order valence-electron chi connectivity index (χ4n) is 3.66. The molecule has 0 bridgehead atoms. The highest BCUT2D eigenvalue weighted by atomic mass is 35.5. The number of hydrogen-bond donors (Lipinski definition) is 1. The summed E-state index contributed by atoms with van der Waals surface area (Å²) < 4.78 is 1.96. The standard InChI is InChI=1S/C20H20Cl2N4O2/c1-13(17-5-3-15(21)10-18(17)22)26-19-11-16(4-2-14(19)12-23-26)24-6-8-25(9-7-24)20(27)28/h2-5,10-13H,6-9H2,1H3,(H,27,28). The molecular formula is C20H20Cl2N4O2. The van der Waals surface area contributed by atoms with Crippen molar-refractivity contribution in [2.45, 2.75) is 13.0 Å². The van der Waals surface area contributed by atoms with Crippen LogP contribution in [-0.2, 0) is 0 Å². The predicted octanol–water partition coefficient (Wildman–Crippen LogP) is 4.75. The van der Waals surface area contributed by atoms with Gasteiger partial charge in [-0.1, -0.05) is 29.3 Å². The third-order valence-electron chi connectivity index (χ3n) is 5.28. The molecular weight excluding hydrogens is 399 g/mol. The fourth-order valence-corrected chi connectivity index (χ4v) is 4.23. The number of anilines is 1. The number of halogens is 2. The van der Waals surface area contributed by atoms with Gasteiger partial charge in [-0.25, -0.2) is 4.79 Å². The van der Waals surface area contributed by atoms with Gasteiger partial charge in [0.25, 0.3) is 0 Å². The largest absolute Gasteiger partial charge is 0.465 e. The van der Waals surface area contributed by atoms with Crippen LogP contribution >= 0.6 is 23.2 Å². The second kappa shape index (κ2) is 7.53. The van der Waals surface area contributed by atoms with Crippen LogP contribution in [0.25, 0.3) is 10.9 Å². The average molecular weight is 419 g/mol. The van der Waals surface area contributed by atoms with E-state index in [-0.39, 0.29) is 6.04 Å². The predicted molar refractivity (Wildman–Crippen MR) is 112 cm³/mol. The average Bonchev–Trinajstić information content (AvgIpc) is 3.11. The van der Waals surface area contributed by atoms with Crippen LogP contribution in [-0.4, -0.2) is 52.1 Å². The molecule has 0 aliphatic carbocycles. The Kier molecular flexibility index (Phi) is 5.08. The minimum absolute atomic E-state index is 0.0543. The van der Waals surface area contributed by atoms with Gasteiger partial charge in [0, 0.05) is 47.3 Å². The zero-order valence-electron chi connectivity index (χ0n) is 15.3. The van der Waals surface area contributed by atoms with Crippen LogP contribution < -0.4 is 4.90 Å². The van der Waals surface area contributed by atoms with Crippen molar-refractivity contribution in [1.29, 1.82) is 0 Å². The topological polar surface area (TPSA) is 61.6 Å². The molecule has 28 heavy (non-hydrogen) atoms. The maximum Gasteiger partial charge on any atom is 0.407 e. The van der Waals surface area contributed by atoms with Crippen molar-refractivity contribution < 1.29 is 9.90 Å². The Labute approximate surface area is 172 Å². The molecule has 1 N–H and O–H groups in total. The van der Waals surface area contributed by atoms with E-state index in [1.807, 2.05) is 29.1 Å². The molecule has 1 amide bonds. The first-order valence-corrected chi connectivity index (χ1v) is 9.84. The Hall–Kier alpha value is -2.44. The van der Waals surface area contributed by atoms with Crippen LogP contribution in [0.2, 0.25) is 10.0 Å². The molecule has 146 valence electrons. The number of nitrogens with zero attached hydrogens (tertiary/aromatic N) is 4. The lowest BCUT2D eigenvalue weighted by Gasteiger charge is -2.34. The van der Waals surface area contributed by atoms with E-state index in [0.717, 1.165) is 22.2 Å². The molecule has 0 spiro atoms. The molecule has 1 aliphatic rings. The van der Waals surface area contributed by atoms with Gasteiger partial charge in [0.2, 0.25) is 0 Å². The number of amides is 1. The third kappa shape index (κ3) is 3.50. The van der Waals surface area contributed by atoms with Crippen molar-refractivity contribution in [3.8, 4) is 0 Å². The Bertz CT molecular complexity index is 1030. The van der Waals surface area contributed by atoms with Gasteiger partial charge >= 0.3 is 6.09 Å². The Morgan fingerprint density at radius 2 is 1.86 bits per heavy atom. The van der Waals surface area contributed by atoms with E-state index >= 15 is 0 Å². The van der Waals surface area contributed by atoms with Crippen LogP contribution in [0, 0.1) is 0 Å². The van der Waals surface area contributed by atoms with Gasteiger partial charge in [0.05, 0.1) is 17.8 Å². The Balaban J connectivity index is 1.64. The summed E-state index contributed by atoms with van der Waals surface area (Å²) in [5, 5.41) is 16.0. The van der Waals surface area contributed by atoms with Crippen LogP contribution in [0.5, 0.6) is 0 Å². The van der Waals surface area contributed by atoms with Gasteiger partial charge in [-0.05, 0) is 42.8 Å². The zero-order valence-corrected chi connectivity index (χ0v) is 16.9. The molecule has 0 saturated carbocycles. The first kappa shape index (κ1) is 18.9. The van der Waals surface area contributed by atoms with Crippen molar-refractivity contribution in [2.24, 2.45) is 0 Å². The van der Waals surface area contributed by atoms with Crippen LogP contribution in [0.4, 0.5) is 10.5 Å². The minimum atomic E-state index is -0.859. The molecule has 6 nitrogen and oxygen atoms in total. The number of piperazine rings is 1. The number of hydrogen-bond acceptors (Lipinski definition) is 3. The summed E-state index contributed by atoms with van der Waals surface area (Å²) in [5.74, 6) is 0. The van der Waals surface area contributed by atoms with Crippen LogP contribution in [0.15, 0.2) is 42.6 Å². The Morgan fingerprint density at radius 1 is 1.11 bits per heavy atom. The van der Waals surface area contributed by atoms with Gasteiger partial charge < -0.3 is 14.9 Å². The third-order valence-corrected chi connectivity index (χ3v) is 5.84. The lowest BCUT2D eigenvalue weighted by atomic mass is 10.1. The van der Waals surface area contributed by atoms with Crippen molar-refractivity contribution in [2.75, 3.05) is 31.1 Å². The molecule has 1 aromatic heterocycles. The molecule has 1 fully saturated rings. The highest BCUT2D eigenvalue weighted by Crippen LogP contribution is 2.31. The lowest BCUT2D eigenvalue weighted by Crippen LogP contribution is -2.48. The van der Waals surface area contributed by atoms with Gasteiger partial charge in [-0.3, -0.25) is 4.68 Å². The quantitative estimate of drug-likeness (QED) is 0.666. The molecule has 1 saturated heterocycles. The van der Waals surface area contributed by atoms with E-state index in [1.165, 1.54) is 4.90 Å². The summed E-state index contributed by atoms with van der Waals surface area (Å²) >= 11 is 12.4. The highest BCUT2D eigenvalue weighted by molar-refractivity contribution is 6.35. The summed E-state index contributed by atoms with van der Waals surface area (Å²) in [6.07, 6.45) is 0.990. The molecule has 0 radical (unpaired) electrons. The van der Waals surface area contributed by atoms with Crippen molar-refractivity contribution in [3.05, 3.63) is 58.2 Å². The number of benzene rings is 2. The Morgan fingerprint density at radius 3 is 2.54 bits per heavy atom. The van der Waals surface area contributed by atoms with Crippen molar-refractivity contribution in [3.63, 3.8) is 0 Å². The van der Waals surface area contributed by atoms with Gasteiger partial charge in [-0.15, -0.1) is 0 Å². The van der Waals surface area contributed by atoms with Gasteiger partial charge in [0.1, 0.15) is 0 Å². The van der Waals surface area contributed by atoms with E-state index < -0.39 is 6.09 Å². The normalized spacial score (nSPS) is 15.8. The van der Waals surface area contributed by atoms with Crippen LogP contribution in [0.1, 0.15) is 18.5 Å². The van der Waals surface area contributed by atoms with Gasteiger partial charge in [0.15, 0.2) is 0 Å². The molecule has 1 unspecified atom stereocenters. The maximum absolute atomic E-state index is 11.1. The number of carbonyl (C=O) groups is 1. The van der Waals surface area contributed by atoms with E-state index in [1.54, 1.807) is 6.07 Å². The SMILES string of the molecule is CC(c1ccc(Cl)cc1Cl)n1ncc2ccc(N3CCN(C(=O)O)CC3)cc21.